The van der Waals surface area contributed by atoms with Gasteiger partial charge >= 0.3 is 0 Å². The van der Waals surface area contributed by atoms with Gasteiger partial charge < -0.3 is 40.4 Å². The molecule has 1 atom stereocenters. The number of ether oxygens (including phenoxy) is 1. The van der Waals surface area contributed by atoms with Gasteiger partial charge in [-0.15, -0.1) is 0 Å². The number of aromatic nitrogens is 3. The molecule has 3 aliphatic heterocycles. The van der Waals surface area contributed by atoms with Crippen molar-refractivity contribution in [2.45, 2.75) is 64.8 Å². The number of pyridine rings is 1. The Bertz CT molecular complexity index is 2650. The first kappa shape index (κ1) is 47.3. The van der Waals surface area contributed by atoms with E-state index in [4.69, 9.17) is 9.72 Å². The summed E-state index contributed by atoms with van der Waals surface area (Å²) in [6, 6.07) is 15.0. The quantitative estimate of drug-likeness (QED) is 0.0348. The molecule has 3 saturated heterocycles. The molecule has 14 nitrogen and oxygen atoms in total. The van der Waals surface area contributed by atoms with Crippen molar-refractivity contribution in [3.8, 4) is 5.75 Å². The lowest BCUT2D eigenvalue weighted by atomic mass is 9.89. The van der Waals surface area contributed by atoms with Crippen molar-refractivity contribution in [3.05, 3.63) is 87.7 Å². The number of nitrogens with zero attached hydrogens (tertiary/aromatic N) is 5. The highest BCUT2D eigenvalue weighted by Gasteiger charge is 2.34. The normalized spacial score (nSPS) is 17.2. The lowest BCUT2D eigenvalue weighted by Crippen LogP contribution is -2.51. The largest absolute Gasteiger partial charge is 0.492 e. The molecule has 350 valence electrons. The highest BCUT2D eigenvalue weighted by Crippen LogP contribution is 2.43. The minimum Gasteiger partial charge on any atom is -0.492 e. The van der Waals surface area contributed by atoms with Crippen molar-refractivity contribution in [1.82, 2.24) is 30.9 Å². The zero-order chi connectivity index (χ0) is 46.7. The lowest BCUT2D eigenvalue weighted by molar-refractivity contribution is -0.134. The standard InChI is InChI=1S/C48H58BrF2N10O4P/c1-6-30-20-40(57-48-54-25-35(49)46(59-48)56-39-12-11-38-33(9-8-28(3)55-38)45(39)66(4,5)64)42(65-7-2)23-41(30)60-18-14-31(15-19-60)53-17-16-52-24-29-26-61(27-29)32-21-36(50)44(37(51)22-32)34-10-13-43(62)58-47(34)63/h8-9,11-12,20-23,25,29,31,34,52-53H,6-7,10,13-19,24,26-27H2,1-5H3,(H,58,62,63)(H2,54,56,57,59)/t34-/m1/s1. The zero-order valence-electron chi connectivity index (χ0n) is 38.1. The van der Waals surface area contributed by atoms with Crippen molar-refractivity contribution in [2.24, 2.45) is 5.92 Å². The summed E-state index contributed by atoms with van der Waals surface area (Å²) in [7, 11) is -2.74. The number of benzene rings is 3. The molecule has 5 aromatic rings. The van der Waals surface area contributed by atoms with Gasteiger partial charge in [0, 0.05) is 110 Å². The predicted molar refractivity (Wildman–Crippen MR) is 262 cm³/mol. The van der Waals surface area contributed by atoms with Crippen LogP contribution in [0.25, 0.3) is 10.9 Å². The third-order valence-corrected chi connectivity index (χ3v) is 14.7. The van der Waals surface area contributed by atoms with Crippen molar-refractivity contribution >= 4 is 85.6 Å². The van der Waals surface area contributed by atoms with Crippen LogP contribution in [-0.4, -0.2) is 98.6 Å². The molecule has 2 amide bonds. The summed E-state index contributed by atoms with van der Waals surface area (Å²) in [5.74, 6) is -1.61. The van der Waals surface area contributed by atoms with Crippen LogP contribution in [0.1, 0.15) is 62.3 Å². The van der Waals surface area contributed by atoms with Gasteiger partial charge in [0.05, 0.1) is 33.9 Å². The van der Waals surface area contributed by atoms with Gasteiger partial charge in [0.15, 0.2) is 0 Å². The number of aryl methyl sites for hydroxylation is 2. The second-order valence-corrected chi connectivity index (χ2v) is 21.8. The number of hydrogen-bond acceptors (Lipinski definition) is 13. The van der Waals surface area contributed by atoms with Crippen LogP contribution >= 0.6 is 23.1 Å². The molecular weight excluding hydrogens is 929 g/mol. The van der Waals surface area contributed by atoms with E-state index in [1.54, 1.807) is 19.5 Å². The number of nitrogens with one attached hydrogen (secondary N) is 5. The minimum atomic E-state index is -2.74. The Labute approximate surface area is 393 Å². The van der Waals surface area contributed by atoms with Gasteiger partial charge in [0.25, 0.3) is 0 Å². The summed E-state index contributed by atoms with van der Waals surface area (Å²) in [4.78, 5) is 42.2. The summed E-state index contributed by atoms with van der Waals surface area (Å²) >= 11 is 3.62. The number of fused-ring (bicyclic) bond motifs is 1. The molecule has 0 spiro atoms. The van der Waals surface area contributed by atoms with Crippen LogP contribution in [-0.2, 0) is 20.6 Å². The van der Waals surface area contributed by atoms with Gasteiger partial charge in [-0.2, -0.15) is 4.98 Å². The molecule has 3 fully saturated rings. The number of imide groups is 1. The van der Waals surface area contributed by atoms with Gasteiger partial charge in [-0.1, -0.05) is 13.0 Å². The molecule has 8 rings (SSSR count). The summed E-state index contributed by atoms with van der Waals surface area (Å²) in [5.41, 5.74) is 5.70. The average molecular weight is 988 g/mol. The van der Waals surface area contributed by atoms with Crippen molar-refractivity contribution in [1.29, 1.82) is 0 Å². The Morgan fingerprint density at radius 2 is 1.68 bits per heavy atom. The number of carbonyl (C=O) groups excluding carboxylic acids is 2. The summed E-state index contributed by atoms with van der Waals surface area (Å²) in [6.07, 6.45) is 4.68. The maximum Gasteiger partial charge on any atom is 0.234 e. The van der Waals surface area contributed by atoms with E-state index >= 15 is 8.78 Å². The number of amides is 2. The smallest absolute Gasteiger partial charge is 0.234 e. The molecule has 18 heteroatoms. The number of rotatable bonds is 17. The van der Waals surface area contributed by atoms with Gasteiger partial charge in [-0.3, -0.25) is 19.9 Å². The Kier molecular flexibility index (Phi) is 14.6. The molecular formula is C48H58BrF2N10O4P. The molecule has 3 aromatic carbocycles. The van der Waals surface area contributed by atoms with Gasteiger partial charge in [-0.05, 0) is 111 Å². The topological polar surface area (TPSA) is 166 Å². The van der Waals surface area contributed by atoms with Crippen molar-refractivity contribution < 1.29 is 27.7 Å². The monoisotopic (exact) mass is 986 g/mol. The fourth-order valence-corrected chi connectivity index (χ4v) is 11.0. The van der Waals surface area contributed by atoms with Crippen LogP contribution in [0.5, 0.6) is 5.75 Å². The molecule has 2 aromatic heterocycles. The first-order valence-electron chi connectivity index (χ1n) is 22.8. The van der Waals surface area contributed by atoms with E-state index in [2.05, 4.69) is 76.4 Å². The summed E-state index contributed by atoms with van der Waals surface area (Å²) < 4.78 is 50.6. The number of hydrogen-bond donors (Lipinski definition) is 5. The Morgan fingerprint density at radius 3 is 2.38 bits per heavy atom. The summed E-state index contributed by atoms with van der Waals surface area (Å²) in [6.45, 7) is 15.7. The molecule has 0 radical (unpaired) electrons. The van der Waals surface area contributed by atoms with Gasteiger partial charge in [-0.25, -0.2) is 13.8 Å². The van der Waals surface area contributed by atoms with E-state index in [-0.39, 0.29) is 18.4 Å². The first-order chi connectivity index (χ1) is 31.7. The van der Waals surface area contributed by atoms with Gasteiger partial charge in [0.1, 0.15) is 30.3 Å². The molecule has 0 bridgehead atoms. The highest BCUT2D eigenvalue weighted by atomic mass is 79.9. The zero-order valence-corrected chi connectivity index (χ0v) is 40.6. The predicted octanol–water partition coefficient (Wildman–Crippen LogP) is 7.87. The van der Waals surface area contributed by atoms with Gasteiger partial charge in [0.2, 0.25) is 17.8 Å². The SMILES string of the molecule is CCOc1cc(N2CCC(NCCNCC3CN(c4cc(F)c([C@H]5CCC(=O)NC5=O)c(F)c4)C3)CC2)c(CC)cc1Nc1ncc(Br)c(Nc2ccc3nc(C)ccc3c2P(C)(C)=O)n1. The Balaban J connectivity index is 0.823. The highest BCUT2D eigenvalue weighted by molar-refractivity contribution is 9.10. The summed E-state index contributed by atoms with van der Waals surface area (Å²) in [5, 5.41) is 17.9. The molecule has 5 N–H and O–H groups in total. The van der Waals surface area contributed by atoms with E-state index in [0.717, 1.165) is 85.3 Å². The maximum absolute atomic E-state index is 15.1. The molecule has 0 aliphatic carbocycles. The van der Waals surface area contributed by atoms with Crippen LogP contribution in [0.3, 0.4) is 0 Å². The average Bonchev–Trinajstić information content (AvgIpc) is 3.26. The van der Waals surface area contributed by atoms with Crippen molar-refractivity contribution in [2.75, 3.05) is 86.2 Å². The molecule has 0 unspecified atom stereocenters. The maximum atomic E-state index is 15.1. The second kappa shape index (κ2) is 20.3. The van der Waals surface area contributed by atoms with Crippen LogP contribution in [0.2, 0.25) is 0 Å². The van der Waals surface area contributed by atoms with Crippen LogP contribution in [0, 0.1) is 24.5 Å². The number of halogens is 3. The first-order valence-corrected chi connectivity index (χ1v) is 26.2. The lowest BCUT2D eigenvalue weighted by Gasteiger charge is -2.41. The fraction of sp³-hybridized carbons (Fsp3) is 0.438. The number of piperidine rings is 2. The van der Waals surface area contributed by atoms with Crippen LogP contribution in [0.15, 0.2) is 59.2 Å². The van der Waals surface area contributed by atoms with Crippen LogP contribution < -0.4 is 46.4 Å². The van der Waals surface area contributed by atoms with E-state index in [1.807, 2.05) is 43.0 Å². The number of anilines is 6. The third kappa shape index (κ3) is 10.6. The minimum absolute atomic E-state index is 0.0601. The second-order valence-electron chi connectivity index (χ2n) is 17.8. The molecule has 5 heterocycles. The van der Waals surface area contributed by atoms with Crippen molar-refractivity contribution in [3.63, 3.8) is 0 Å². The van der Waals surface area contributed by atoms with Crippen LogP contribution in [0.4, 0.5) is 43.3 Å². The third-order valence-electron chi connectivity index (χ3n) is 12.6. The van der Waals surface area contributed by atoms with E-state index < -0.39 is 36.5 Å². The molecule has 66 heavy (non-hydrogen) atoms. The van der Waals surface area contributed by atoms with E-state index in [1.165, 1.54) is 17.7 Å². The number of carbonyl (C=O) groups is 2. The molecule has 0 saturated carbocycles. The van der Waals surface area contributed by atoms with E-state index in [9.17, 15) is 14.2 Å². The van der Waals surface area contributed by atoms with E-state index in [0.29, 0.717) is 65.0 Å². The fourth-order valence-electron chi connectivity index (χ4n) is 9.26. The molecule has 3 aliphatic rings. The Hall–Kier alpha value is -5.22. The Morgan fingerprint density at radius 1 is 0.924 bits per heavy atom.